The minimum Gasteiger partial charge on any atom is -0.481 e. The molecule has 0 aromatic heterocycles. The molecule has 2 N–H and O–H groups in total. The van der Waals surface area contributed by atoms with Gasteiger partial charge in [-0.1, -0.05) is 41.5 Å². The van der Waals surface area contributed by atoms with Gasteiger partial charge in [0.1, 0.15) is 0 Å². The van der Waals surface area contributed by atoms with E-state index in [4.69, 9.17) is 9.84 Å². The van der Waals surface area contributed by atoms with E-state index in [-0.39, 0.29) is 34.7 Å². The highest BCUT2D eigenvalue weighted by Crippen LogP contribution is 2.75. The van der Waals surface area contributed by atoms with Gasteiger partial charge in [0.05, 0.1) is 12.0 Å². The van der Waals surface area contributed by atoms with Crippen molar-refractivity contribution in [3.63, 3.8) is 0 Å². The second kappa shape index (κ2) is 5.44. The summed E-state index contributed by atoms with van der Waals surface area (Å²) in [7, 11) is 0. The predicted octanol–water partition coefficient (Wildman–Crippen LogP) is 3.92. The van der Waals surface area contributed by atoms with Crippen molar-refractivity contribution in [2.75, 3.05) is 0 Å². The van der Waals surface area contributed by atoms with E-state index in [1.165, 1.54) is 6.42 Å². The van der Waals surface area contributed by atoms with E-state index < -0.39 is 11.8 Å². The Hall–Kier alpha value is -0.610. The fourth-order valence-electron chi connectivity index (χ4n) is 6.78. The number of ether oxygens (including phenoxy) is 1. The number of fused-ring (bicyclic) bond motifs is 3. The van der Waals surface area contributed by atoms with Gasteiger partial charge in [0.2, 0.25) is 0 Å². The highest BCUT2D eigenvalue weighted by molar-refractivity contribution is 5.69. The van der Waals surface area contributed by atoms with Gasteiger partial charge in [-0.15, -0.1) is 0 Å². The van der Waals surface area contributed by atoms with Crippen LogP contribution in [0.1, 0.15) is 67.2 Å². The van der Waals surface area contributed by atoms with Crippen molar-refractivity contribution in [2.24, 2.45) is 40.4 Å². The molecule has 0 aromatic rings. The molecule has 4 heteroatoms. The highest BCUT2D eigenvalue weighted by atomic mass is 16.6. The van der Waals surface area contributed by atoms with Crippen LogP contribution in [0.25, 0.3) is 0 Å². The van der Waals surface area contributed by atoms with Gasteiger partial charge in [0.25, 0.3) is 0 Å². The lowest BCUT2D eigenvalue weighted by Gasteiger charge is -2.44. The van der Waals surface area contributed by atoms with Crippen molar-refractivity contribution >= 4 is 5.97 Å². The molecular weight excluding hydrogens is 304 g/mol. The Morgan fingerprint density at radius 1 is 1.25 bits per heavy atom. The molecule has 0 aromatic carbocycles. The summed E-state index contributed by atoms with van der Waals surface area (Å²) in [6.07, 6.45) is 3.21. The van der Waals surface area contributed by atoms with E-state index in [1.807, 2.05) is 0 Å². The van der Waals surface area contributed by atoms with Gasteiger partial charge >= 0.3 is 5.97 Å². The Kier molecular flexibility index (Phi) is 4.12. The van der Waals surface area contributed by atoms with Crippen molar-refractivity contribution in [3.05, 3.63) is 0 Å². The SMILES string of the molecule is CC1CC(C)[C@]2(C)[C@H]3[C@H](C)[C@@H](CC[C@@H](C)C(=O)O)O[C@@]3(O)C[C@@]12C. The van der Waals surface area contributed by atoms with Crippen LogP contribution in [-0.4, -0.2) is 28.1 Å². The van der Waals surface area contributed by atoms with Crippen molar-refractivity contribution in [1.82, 2.24) is 0 Å². The van der Waals surface area contributed by atoms with E-state index in [9.17, 15) is 9.90 Å². The molecule has 1 saturated heterocycles. The van der Waals surface area contributed by atoms with Crippen LogP contribution in [0.5, 0.6) is 0 Å². The van der Waals surface area contributed by atoms with Gasteiger partial charge in [0.15, 0.2) is 5.79 Å². The molecule has 0 bridgehead atoms. The zero-order valence-electron chi connectivity index (χ0n) is 16.0. The molecule has 1 heterocycles. The molecule has 0 amide bonds. The van der Waals surface area contributed by atoms with Gasteiger partial charge in [-0.05, 0) is 47.8 Å². The fourth-order valence-corrected chi connectivity index (χ4v) is 6.78. The molecule has 1 aliphatic heterocycles. The summed E-state index contributed by atoms with van der Waals surface area (Å²) in [5, 5.41) is 20.5. The highest BCUT2D eigenvalue weighted by Gasteiger charge is 2.75. The van der Waals surface area contributed by atoms with Crippen molar-refractivity contribution in [1.29, 1.82) is 0 Å². The van der Waals surface area contributed by atoms with Crippen LogP contribution in [0.2, 0.25) is 0 Å². The minimum atomic E-state index is -1.04. The largest absolute Gasteiger partial charge is 0.481 e. The minimum absolute atomic E-state index is 0.0359. The van der Waals surface area contributed by atoms with Crippen molar-refractivity contribution in [2.45, 2.75) is 79.1 Å². The Morgan fingerprint density at radius 3 is 2.46 bits per heavy atom. The third kappa shape index (κ3) is 2.14. The van der Waals surface area contributed by atoms with Crippen LogP contribution in [0, 0.1) is 40.4 Å². The zero-order chi connectivity index (χ0) is 18.1. The van der Waals surface area contributed by atoms with E-state index in [0.29, 0.717) is 31.1 Å². The normalized spacial score (nSPS) is 54.5. The number of rotatable bonds is 4. The van der Waals surface area contributed by atoms with Gasteiger partial charge in [-0.25, -0.2) is 0 Å². The number of carboxylic acid groups (broad SMARTS) is 1. The maximum absolute atomic E-state index is 11.4. The Morgan fingerprint density at radius 2 is 1.88 bits per heavy atom. The lowest BCUT2D eigenvalue weighted by molar-refractivity contribution is -0.212. The molecule has 2 aliphatic carbocycles. The molecule has 9 atom stereocenters. The lowest BCUT2D eigenvalue weighted by atomic mass is 9.59. The third-order valence-corrected chi connectivity index (χ3v) is 8.58. The number of aliphatic hydroxyl groups is 1. The van der Waals surface area contributed by atoms with E-state index >= 15 is 0 Å². The van der Waals surface area contributed by atoms with Crippen LogP contribution in [0.4, 0.5) is 0 Å². The quantitative estimate of drug-likeness (QED) is 0.815. The van der Waals surface area contributed by atoms with E-state index in [2.05, 4.69) is 34.6 Å². The molecule has 3 fully saturated rings. The molecule has 4 nitrogen and oxygen atoms in total. The van der Waals surface area contributed by atoms with E-state index in [1.54, 1.807) is 6.92 Å². The second-order valence-corrected chi connectivity index (χ2v) is 9.57. The van der Waals surface area contributed by atoms with Crippen LogP contribution in [0.3, 0.4) is 0 Å². The number of carbonyl (C=O) groups is 1. The molecular formula is C20H34O4. The summed E-state index contributed by atoms with van der Waals surface area (Å²) in [6, 6.07) is 0. The Bertz CT molecular complexity index is 534. The number of aliphatic carboxylic acids is 1. The Labute approximate surface area is 146 Å². The lowest BCUT2D eigenvalue weighted by Crippen LogP contribution is -2.42. The summed E-state index contributed by atoms with van der Waals surface area (Å²) in [6.45, 7) is 13.3. The van der Waals surface area contributed by atoms with Gasteiger partial charge in [-0.3, -0.25) is 4.79 Å². The summed E-state index contributed by atoms with van der Waals surface area (Å²) in [5.41, 5.74) is 0.188. The van der Waals surface area contributed by atoms with Crippen LogP contribution in [0.15, 0.2) is 0 Å². The maximum Gasteiger partial charge on any atom is 0.306 e. The molecule has 0 radical (unpaired) electrons. The predicted molar refractivity (Wildman–Crippen MR) is 92.3 cm³/mol. The summed E-state index contributed by atoms with van der Waals surface area (Å²) in [5.74, 6) is -0.592. The number of hydrogen-bond acceptors (Lipinski definition) is 3. The average molecular weight is 338 g/mol. The molecule has 3 aliphatic rings. The zero-order valence-corrected chi connectivity index (χ0v) is 16.0. The molecule has 138 valence electrons. The van der Waals surface area contributed by atoms with Crippen molar-refractivity contribution < 1.29 is 19.7 Å². The monoisotopic (exact) mass is 338 g/mol. The fraction of sp³-hybridized carbons (Fsp3) is 0.950. The Balaban J connectivity index is 1.83. The first-order chi connectivity index (χ1) is 11.0. The first-order valence-electron chi connectivity index (χ1n) is 9.60. The second-order valence-electron chi connectivity index (χ2n) is 9.57. The summed E-state index contributed by atoms with van der Waals surface area (Å²) < 4.78 is 6.24. The maximum atomic E-state index is 11.4. The van der Waals surface area contributed by atoms with Crippen LogP contribution < -0.4 is 0 Å². The van der Waals surface area contributed by atoms with Gasteiger partial charge in [-0.2, -0.15) is 0 Å². The summed E-state index contributed by atoms with van der Waals surface area (Å²) in [4.78, 5) is 11.1. The van der Waals surface area contributed by atoms with Crippen LogP contribution >= 0.6 is 0 Å². The van der Waals surface area contributed by atoms with Gasteiger partial charge < -0.3 is 14.9 Å². The molecule has 2 unspecified atom stereocenters. The molecule has 24 heavy (non-hydrogen) atoms. The molecule has 2 saturated carbocycles. The summed E-state index contributed by atoms with van der Waals surface area (Å²) >= 11 is 0. The van der Waals surface area contributed by atoms with E-state index in [0.717, 1.165) is 0 Å². The van der Waals surface area contributed by atoms with Gasteiger partial charge in [0, 0.05) is 12.3 Å². The third-order valence-electron chi connectivity index (χ3n) is 8.58. The molecule has 0 spiro atoms. The van der Waals surface area contributed by atoms with Crippen molar-refractivity contribution in [3.8, 4) is 0 Å². The number of hydrogen-bond donors (Lipinski definition) is 2. The van der Waals surface area contributed by atoms with Crippen LogP contribution in [-0.2, 0) is 9.53 Å². The average Bonchev–Trinajstić information content (AvgIpc) is 2.89. The standard InChI is InChI=1S/C20H34O4/c1-11(17(21)22)7-8-15-14(4)16-19(6)13(3)9-12(2)18(19,5)10-20(16,23)24-15/h11-16,23H,7-10H2,1-6H3,(H,21,22)/t11-,12?,13?,14-,15-,16-,18+,19-,20+/m1/s1. The molecule has 3 rings (SSSR count). The smallest absolute Gasteiger partial charge is 0.306 e. The first kappa shape index (κ1) is 18.2. The first-order valence-corrected chi connectivity index (χ1v) is 9.60. The number of carboxylic acids is 1. The topological polar surface area (TPSA) is 66.8 Å².